The lowest BCUT2D eigenvalue weighted by Crippen LogP contribution is -2.38. The average molecular weight is 441 g/mol. The lowest BCUT2D eigenvalue weighted by molar-refractivity contribution is 0.288. The molecule has 0 spiro atoms. The minimum Gasteiger partial charge on any atom is -0.508 e. The molecule has 7 heteroatoms. The Morgan fingerprint density at radius 3 is 2.55 bits per heavy atom. The zero-order valence-corrected chi connectivity index (χ0v) is 18.3. The topological polar surface area (TPSA) is 89.9 Å². The van der Waals surface area contributed by atoms with Crippen molar-refractivity contribution in [2.24, 2.45) is 11.8 Å². The van der Waals surface area contributed by atoms with Crippen molar-refractivity contribution in [2.45, 2.75) is 43.0 Å². The summed E-state index contributed by atoms with van der Waals surface area (Å²) in [6.07, 6.45) is 6.91. The summed E-state index contributed by atoms with van der Waals surface area (Å²) in [6.45, 7) is 3.32. The van der Waals surface area contributed by atoms with Crippen LogP contribution in [0.3, 0.4) is 0 Å². The Hall–Kier alpha value is -2.51. The van der Waals surface area contributed by atoms with Crippen LogP contribution in [0.5, 0.6) is 11.5 Å². The molecule has 1 aliphatic carbocycles. The van der Waals surface area contributed by atoms with Crippen LogP contribution in [0.1, 0.15) is 49.3 Å². The Morgan fingerprint density at radius 2 is 1.81 bits per heavy atom. The molecule has 1 fully saturated rings. The van der Waals surface area contributed by atoms with E-state index in [0.717, 1.165) is 36.1 Å². The number of rotatable bonds is 3. The van der Waals surface area contributed by atoms with Crippen LogP contribution in [-0.2, 0) is 10.0 Å². The maximum absolute atomic E-state index is 13.3. The number of sulfonamides is 1. The van der Waals surface area contributed by atoms with Crippen LogP contribution in [0.15, 0.2) is 53.4 Å². The molecule has 3 atom stereocenters. The third-order valence-electron chi connectivity index (χ3n) is 7.06. The smallest absolute Gasteiger partial charge is 0.243 e. The van der Waals surface area contributed by atoms with E-state index in [1.807, 2.05) is 12.1 Å². The van der Waals surface area contributed by atoms with Gasteiger partial charge in [-0.3, -0.25) is 0 Å². The maximum atomic E-state index is 13.3. The first-order valence-corrected chi connectivity index (χ1v) is 12.4. The first-order valence-electron chi connectivity index (χ1n) is 10.9. The Bertz CT molecular complexity index is 1140. The predicted octanol–water partition coefficient (Wildman–Crippen LogP) is 4.34. The van der Waals surface area contributed by atoms with E-state index in [1.165, 1.54) is 6.07 Å². The van der Waals surface area contributed by atoms with Crippen molar-refractivity contribution in [3.63, 3.8) is 0 Å². The summed E-state index contributed by atoms with van der Waals surface area (Å²) in [5, 5.41) is 23.6. The van der Waals surface area contributed by atoms with Gasteiger partial charge in [-0.2, -0.15) is 4.31 Å². The Kier molecular flexibility index (Phi) is 4.98. The summed E-state index contributed by atoms with van der Waals surface area (Å²) in [7, 11) is -3.51. The first kappa shape index (κ1) is 20.4. The number of nitrogens with zero attached hydrogens (tertiary/aromatic N) is 1. The molecule has 164 valence electrons. The number of nitrogens with one attached hydrogen (secondary N) is 1. The van der Waals surface area contributed by atoms with E-state index in [1.54, 1.807) is 22.5 Å². The molecule has 31 heavy (non-hydrogen) atoms. The average Bonchev–Trinajstić information content (AvgIpc) is 3.24. The second kappa shape index (κ2) is 7.57. The first-order chi connectivity index (χ1) is 14.8. The molecular formula is C24H28N2O4S. The van der Waals surface area contributed by atoms with Crippen LogP contribution in [0.25, 0.3) is 0 Å². The SMILES string of the molecule is CC1CCN(S(=O)(=O)c2ccc3c(c2)C2C=CCC2C(c2ccc(O)cc2O)N3)CC1. The lowest BCUT2D eigenvalue weighted by Gasteiger charge is -2.38. The molecule has 3 unspecified atom stereocenters. The number of hydrogen-bond donors (Lipinski definition) is 3. The number of anilines is 1. The van der Waals surface area contributed by atoms with Gasteiger partial charge in [-0.05, 0) is 67.0 Å². The summed E-state index contributed by atoms with van der Waals surface area (Å²) < 4.78 is 28.1. The maximum Gasteiger partial charge on any atom is 0.243 e. The summed E-state index contributed by atoms with van der Waals surface area (Å²) in [6, 6.07) is 9.93. The molecule has 5 rings (SSSR count). The Labute approximate surface area is 183 Å². The number of aromatic hydroxyl groups is 2. The molecule has 0 radical (unpaired) electrons. The second-order valence-electron chi connectivity index (χ2n) is 9.05. The van der Waals surface area contributed by atoms with Crippen LogP contribution in [0.2, 0.25) is 0 Å². The highest BCUT2D eigenvalue weighted by molar-refractivity contribution is 7.89. The molecule has 2 heterocycles. The third kappa shape index (κ3) is 3.49. The van der Waals surface area contributed by atoms with E-state index in [9.17, 15) is 18.6 Å². The molecule has 2 aliphatic heterocycles. The molecular weight excluding hydrogens is 412 g/mol. The highest BCUT2D eigenvalue weighted by Crippen LogP contribution is 2.51. The van der Waals surface area contributed by atoms with Gasteiger partial charge in [-0.25, -0.2) is 8.42 Å². The fourth-order valence-corrected chi connectivity index (χ4v) is 6.72. The zero-order chi connectivity index (χ0) is 21.8. The van der Waals surface area contributed by atoms with Crippen molar-refractivity contribution in [3.8, 4) is 11.5 Å². The van der Waals surface area contributed by atoms with Gasteiger partial charge in [0.25, 0.3) is 0 Å². The summed E-state index contributed by atoms with van der Waals surface area (Å²) >= 11 is 0. The minimum absolute atomic E-state index is 0.0283. The van der Waals surface area contributed by atoms with Crippen LogP contribution in [-0.4, -0.2) is 36.0 Å². The monoisotopic (exact) mass is 440 g/mol. The molecule has 2 aromatic carbocycles. The van der Waals surface area contributed by atoms with Crippen molar-refractivity contribution in [3.05, 3.63) is 59.7 Å². The number of phenols is 2. The van der Waals surface area contributed by atoms with E-state index in [-0.39, 0.29) is 29.4 Å². The number of hydrogen-bond acceptors (Lipinski definition) is 5. The van der Waals surface area contributed by atoms with Gasteiger partial charge < -0.3 is 15.5 Å². The molecule has 1 saturated heterocycles. The van der Waals surface area contributed by atoms with Crippen LogP contribution in [0, 0.1) is 11.8 Å². The summed E-state index contributed by atoms with van der Waals surface area (Å²) in [4.78, 5) is 0.354. The standard InChI is InChI=1S/C24H28N2O4S/c1-15-9-11-26(12-10-15)31(29,30)17-6-8-22-21(14-17)18-3-2-4-19(18)24(25-22)20-7-5-16(27)13-23(20)28/h2-3,5-8,13-15,18-19,24-25,27-28H,4,9-12H2,1H3. The molecule has 0 aromatic heterocycles. The Balaban J connectivity index is 1.50. The second-order valence-corrected chi connectivity index (χ2v) is 11.0. The van der Waals surface area contributed by atoms with Crippen molar-refractivity contribution in [1.29, 1.82) is 0 Å². The van der Waals surface area contributed by atoms with E-state index >= 15 is 0 Å². The van der Waals surface area contributed by atoms with E-state index < -0.39 is 10.0 Å². The fraction of sp³-hybridized carbons (Fsp3) is 0.417. The quantitative estimate of drug-likeness (QED) is 0.618. The van der Waals surface area contributed by atoms with Crippen LogP contribution >= 0.6 is 0 Å². The van der Waals surface area contributed by atoms with Gasteiger partial charge >= 0.3 is 0 Å². The normalized spacial score (nSPS) is 26.3. The van der Waals surface area contributed by atoms with Gasteiger partial charge in [0.2, 0.25) is 10.0 Å². The number of piperidine rings is 1. The number of phenolic OH excluding ortho intramolecular Hbond substituents is 2. The Morgan fingerprint density at radius 1 is 1.03 bits per heavy atom. The summed E-state index contributed by atoms with van der Waals surface area (Å²) in [5.74, 6) is 0.894. The zero-order valence-electron chi connectivity index (χ0n) is 17.5. The largest absolute Gasteiger partial charge is 0.508 e. The van der Waals surface area contributed by atoms with Gasteiger partial charge in [-0.15, -0.1) is 0 Å². The van der Waals surface area contributed by atoms with E-state index in [2.05, 4.69) is 24.4 Å². The van der Waals surface area contributed by atoms with E-state index in [4.69, 9.17) is 0 Å². The van der Waals surface area contributed by atoms with Crippen molar-refractivity contribution in [2.75, 3.05) is 18.4 Å². The van der Waals surface area contributed by atoms with Crippen LogP contribution in [0.4, 0.5) is 5.69 Å². The van der Waals surface area contributed by atoms with Crippen molar-refractivity contribution >= 4 is 15.7 Å². The molecule has 0 amide bonds. The molecule has 0 saturated carbocycles. The molecule has 3 N–H and O–H groups in total. The molecule has 0 bridgehead atoms. The molecule has 3 aliphatic rings. The van der Waals surface area contributed by atoms with Gasteiger partial charge in [0, 0.05) is 36.3 Å². The number of benzene rings is 2. The third-order valence-corrected chi connectivity index (χ3v) is 8.96. The van der Waals surface area contributed by atoms with Crippen molar-refractivity contribution in [1.82, 2.24) is 4.31 Å². The fourth-order valence-electron chi connectivity index (χ4n) is 5.21. The number of allylic oxidation sites excluding steroid dienone is 2. The highest BCUT2D eigenvalue weighted by atomic mass is 32.2. The van der Waals surface area contributed by atoms with E-state index in [0.29, 0.717) is 23.9 Å². The number of fused-ring (bicyclic) bond motifs is 3. The van der Waals surface area contributed by atoms with Gasteiger partial charge in [0.15, 0.2) is 0 Å². The highest BCUT2D eigenvalue weighted by Gasteiger charge is 2.40. The molecule has 2 aromatic rings. The molecule has 6 nitrogen and oxygen atoms in total. The van der Waals surface area contributed by atoms with Crippen molar-refractivity contribution < 1.29 is 18.6 Å². The van der Waals surface area contributed by atoms with Gasteiger partial charge in [0.05, 0.1) is 10.9 Å². The van der Waals surface area contributed by atoms with Gasteiger partial charge in [0.1, 0.15) is 11.5 Å². The predicted molar refractivity (Wildman–Crippen MR) is 120 cm³/mol. The lowest BCUT2D eigenvalue weighted by atomic mass is 9.77. The minimum atomic E-state index is -3.51. The summed E-state index contributed by atoms with van der Waals surface area (Å²) in [5.41, 5.74) is 2.61. The van der Waals surface area contributed by atoms with Gasteiger partial charge in [-0.1, -0.05) is 19.1 Å². The van der Waals surface area contributed by atoms with Crippen LogP contribution < -0.4 is 5.32 Å².